The number of nitrogens with two attached hydrogens (primary N) is 2. The molecule has 1 aliphatic rings. The fourth-order valence-electron chi connectivity index (χ4n) is 3.60. The number of rotatable bonds is 3. The lowest BCUT2D eigenvalue weighted by atomic mass is 9.85. The molecule has 2 aromatic rings. The van der Waals surface area contributed by atoms with E-state index >= 15 is 0 Å². The number of anilines is 2. The van der Waals surface area contributed by atoms with E-state index in [1.54, 1.807) is 25.1 Å². The van der Waals surface area contributed by atoms with E-state index in [9.17, 15) is 9.59 Å². The maximum Gasteiger partial charge on any atom is 0.250 e. The predicted molar refractivity (Wildman–Crippen MR) is 105 cm³/mol. The molecule has 4 N–H and O–H groups in total. The van der Waals surface area contributed by atoms with Gasteiger partial charge < -0.3 is 11.5 Å². The maximum atomic E-state index is 13.5. The zero-order valence-electron chi connectivity index (χ0n) is 15.4. The van der Waals surface area contributed by atoms with Crippen molar-refractivity contribution in [2.24, 2.45) is 11.7 Å². The zero-order valence-corrected chi connectivity index (χ0v) is 15.4. The summed E-state index contributed by atoms with van der Waals surface area (Å²) in [6.07, 6.45) is 0.645. The van der Waals surface area contributed by atoms with E-state index in [1.807, 2.05) is 24.3 Å². The first-order valence-corrected chi connectivity index (χ1v) is 8.94. The number of benzene rings is 2. The molecule has 2 atom stereocenters. The van der Waals surface area contributed by atoms with Crippen LogP contribution in [-0.4, -0.2) is 17.9 Å². The van der Waals surface area contributed by atoms with Gasteiger partial charge in [0.05, 0.1) is 17.6 Å². The monoisotopic (exact) mass is 351 g/mol. The lowest BCUT2D eigenvalue weighted by Gasteiger charge is -2.26. The number of fused-ring (bicyclic) bond motifs is 3. The maximum absolute atomic E-state index is 13.5. The van der Waals surface area contributed by atoms with E-state index in [1.165, 1.54) is 4.90 Å². The standard InChI is InChI=1S/C21H25N3O2/c1-12(2)11-16-14-7-4-5-8-15(14)19-17(23)9-6-10-18(19)24(21(16)26)20(25)13(3)22/h4-10,12-13,16H,11,22-23H2,1-3H3/t13-,16?/m0/s1. The van der Waals surface area contributed by atoms with Crippen LogP contribution in [0, 0.1) is 5.92 Å². The van der Waals surface area contributed by atoms with Crippen LogP contribution < -0.4 is 16.4 Å². The van der Waals surface area contributed by atoms with Crippen LogP contribution in [0.4, 0.5) is 11.4 Å². The van der Waals surface area contributed by atoms with Crippen LogP contribution in [0.2, 0.25) is 0 Å². The van der Waals surface area contributed by atoms with Crippen molar-refractivity contribution in [3.05, 3.63) is 48.0 Å². The van der Waals surface area contributed by atoms with E-state index in [0.717, 1.165) is 16.7 Å². The number of imide groups is 1. The summed E-state index contributed by atoms with van der Waals surface area (Å²) >= 11 is 0. The Kier molecular flexibility index (Phi) is 4.83. The van der Waals surface area contributed by atoms with Crippen molar-refractivity contribution < 1.29 is 9.59 Å². The SMILES string of the molecule is CC(C)CC1C(=O)N(C(=O)[C@H](C)N)c2cccc(N)c2-c2ccccc21. The average Bonchev–Trinajstić information content (AvgIpc) is 2.69. The first-order chi connectivity index (χ1) is 12.3. The summed E-state index contributed by atoms with van der Waals surface area (Å²) < 4.78 is 0. The molecule has 0 saturated heterocycles. The van der Waals surface area contributed by atoms with Crippen LogP contribution in [0.15, 0.2) is 42.5 Å². The predicted octanol–water partition coefficient (Wildman–Crippen LogP) is 3.29. The zero-order chi connectivity index (χ0) is 19.0. The summed E-state index contributed by atoms with van der Waals surface area (Å²) in [6.45, 7) is 5.73. The number of hydrogen-bond donors (Lipinski definition) is 2. The van der Waals surface area contributed by atoms with Crippen LogP contribution in [0.5, 0.6) is 0 Å². The molecule has 1 unspecified atom stereocenters. The summed E-state index contributed by atoms with van der Waals surface area (Å²) in [5.41, 5.74) is 15.7. The minimum Gasteiger partial charge on any atom is -0.398 e. The van der Waals surface area contributed by atoms with Gasteiger partial charge in [-0.3, -0.25) is 9.59 Å². The van der Waals surface area contributed by atoms with Crippen molar-refractivity contribution in [2.45, 2.75) is 39.2 Å². The second-order valence-electron chi connectivity index (χ2n) is 7.31. The normalized spacial score (nSPS) is 17.5. The Bertz CT molecular complexity index is 858. The first kappa shape index (κ1) is 18.1. The van der Waals surface area contributed by atoms with Crippen LogP contribution in [0.3, 0.4) is 0 Å². The minimum atomic E-state index is -0.783. The third-order valence-electron chi connectivity index (χ3n) is 4.76. The van der Waals surface area contributed by atoms with Crippen LogP contribution in [0.1, 0.15) is 38.7 Å². The lowest BCUT2D eigenvalue weighted by Crippen LogP contribution is -2.47. The number of amides is 2. The molecule has 5 nitrogen and oxygen atoms in total. The molecule has 0 spiro atoms. The number of carbonyl (C=O) groups excluding carboxylic acids is 2. The van der Waals surface area contributed by atoms with Crippen molar-refractivity contribution in [1.82, 2.24) is 0 Å². The van der Waals surface area contributed by atoms with Crippen molar-refractivity contribution in [1.29, 1.82) is 0 Å². The van der Waals surface area contributed by atoms with Gasteiger partial charge in [-0.1, -0.05) is 44.2 Å². The van der Waals surface area contributed by atoms with E-state index in [-0.39, 0.29) is 5.91 Å². The Balaban J connectivity index is 2.33. The molecule has 136 valence electrons. The van der Waals surface area contributed by atoms with Crippen LogP contribution in [-0.2, 0) is 9.59 Å². The van der Waals surface area contributed by atoms with E-state index in [2.05, 4.69) is 13.8 Å². The summed E-state index contributed by atoms with van der Waals surface area (Å²) in [6, 6.07) is 12.3. The van der Waals surface area contributed by atoms with Gasteiger partial charge in [-0.15, -0.1) is 0 Å². The Morgan fingerprint density at radius 3 is 2.46 bits per heavy atom. The summed E-state index contributed by atoms with van der Waals surface area (Å²) in [5.74, 6) is -0.773. The van der Waals surface area contributed by atoms with Gasteiger partial charge >= 0.3 is 0 Å². The molecular formula is C21H25N3O2. The fourth-order valence-corrected chi connectivity index (χ4v) is 3.60. The number of nitrogen functional groups attached to an aromatic ring is 1. The number of hydrogen-bond acceptors (Lipinski definition) is 4. The van der Waals surface area contributed by atoms with Crippen molar-refractivity contribution in [3.8, 4) is 11.1 Å². The quantitative estimate of drug-likeness (QED) is 0.831. The van der Waals surface area contributed by atoms with Gasteiger partial charge in [0.25, 0.3) is 0 Å². The Hall–Kier alpha value is -2.66. The van der Waals surface area contributed by atoms with Gasteiger partial charge in [-0.05, 0) is 42.5 Å². The number of nitrogens with zero attached hydrogens (tertiary/aromatic N) is 1. The molecule has 2 aromatic carbocycles. The highest BCUT2D eigenvalue weighted by molar-refractivity contribution is 6.22. The third-order valence-corrected chi connectivity index (χ3v) is 4.76. The molecule has 0 bridgehead atoms. The third kappa shape index (κ3) is 2.99. The van der Waals surface area contributed by atoms with Gasteiger partial charge in [0.15, 0.2) is 0 Å². The van der Waals surface area contributed by atoms with Gasteiger partial charge in [-0.25, -0.2) is 4.90 Å². The molecule has 0 aromatic heterocycles. The Labute approximate surface area is 154 Å². The average molecular weight is 351 g/mol. The first-order valence-electron chi connectivity index (χ1n) is 8.94. The molecule has 2 amide bonds. The molecular weight excluding hydrogens is 326 g/mol. The second-order valence-corrected chi connectivity index (χ2v) is 7.31. The summed E-state index contributed by atoms with van der Waals surface area (Å²) in [7, 11) is 0. The molecule has 0 fully saturated rings. The summed E-state index contributed by atoms with van der Waals surface area (Å²) in [4.78, 5) is 27.6. The largest absolute Gasteiger partial charge is 0.398 e. The highest BCUT2D eigenvalue weighted by Crippen LogP contribution is 2.45. The lowest BCUT2D eigenvalue weighted by molar-refractivity contribution is -0.128. The van der Waals surface area contributed by atoms with E-state index < -0.39 is 17.9 Å². The fraction of sp³-hybridized carbons (Fsp3) is 0.333. The van der Waals surface area contributed by atoms with Crippen molar-refractivity contribution in [2.75, 3.05) is 10.6 Å². The molecule has 0 saturated carbocycles. The van der Waals surface area contributed by atoms with Gasteiger partial charge in [0.1, 0.15) is 0 Å². The van der Waals surface area contributed by atoms with Crippen LogP contribution >= 0.6 is 0 Å². The molecule has 1 aliphatic heterocycles. The smallest absolute Gasteiger partial charge is 0.250 e. The van der Waals surface area contributed by atoms with E-state index in [0.29, 0.717) is 23.7 Å². The molecule has 0 radical (unpaired) electrons. The van der Waals surface area contributed by atoms with Crippen molar-refractivity contribution >= 4 is 23.2 Å². The van der Waals surface area contributed by atoms with Gasteiger partial charge in [0.2, 0.25) is 11.8 Å². The molecule has 5 heteroatoms. The number of carbonyl (C=O) groups is 2. The van der Waals surface area contributed by atoms with Gasteiger partial charge in [0, 0.05) is 11.3 Å². The highest BCUT2D eigenvalue weighted by atomic mass is 16.2. The molecule has 0 aliphatic carbocycles. The molecule has 3 rings (SSSR count). The Morgan fingerprint density at radius 1 is 1.12 bits per heavy atom. The van der Waals surface area contributed by atoms with Crippen molar-refractivity contribution in [3.63, 3.8) is 0 Å². The molecule has 26 heavy (non-hydrogen) atoms. The van der Waals surface area contributed by atoms with Gasteiger partial charge in [-0.2, -0.15) is 0 Å². The topological polar surface area (TPSA) is 89.4 Å². The molecule has 1 heterocycles. The summed E-state index contributed by atoms with van der Waals surface area (Å²) in [5, 5.41) is 0. The second kappa shape index (κ2) is 6.92. The van der Waals surface area contributed by atoms with Crippen LogP contribution in [0.25, 0.3) is 11.1 Å². The van der Waals surface area contributed by atoms with E-state index in [4.69, 9.17) is 11.5 Å². The Morgan fingerprint density at radius 2 is 1.81 bits per heavy atom. The highest BCUT2D eigenvalue weighted by Gasteiger charge is 2.38. The minimum absolute atomic E-state index is 0.238.